The van der Waals surface area contributed by atoms with E-state index in [2.05, 4.69) is 19.9 Å². The fourth-order valence-corrected chi connectivity index (χ4v) is 2.55. The second-order valence-electron chi connectivity index (χ2n) is 5.39. The number of rotatable bonds is 5. The Kier molecular flexibility index (Phi) is 4.38. The Balaban J connectivity index is 1.95. The molecule has 2 aliphatic rings. The lowest BCUT2D eigenvalue weighted by molar-refractivity contribution is 0.184. The number of nitrogens with two attached hydrogens (primary N) is 1. The van der Waals surface area contributed by atoms with Crippen molar-refractivity contribution in [2.45, 2.75) is 13.5 Å². The van der Waals surface area contributed by atoms with Crippen LogP contribution in [0, 0.1) is 5.41 Å². The minimum absolute atomic E-state index is 0.0622. The lowest BCUT2D eigenvalue weighted by atomic mass is 10.2. The Hall–Kier alpha value is -3.36. The third-order valence-electron chi connectivity index (χ3n) is 3.81. The molecule has 130 valence electrons. The quantitative estimate of drug-likeness (QED) is 0.593. The maximum absolute atomic E-state index is 10.1. The van der Waals surface area contributed by atoms with Crippen molar-refractivity contribution in [1.29, 1.82) is 5.41 Å². The number of nitrogens with zero attached hydrogens (tertiary/aromatic N) is 5. The predicted molar refractivity (Wildman–Crippen MR) is 91.6 cm³/mol. The van der Waals surface area contributed by atoms with Crippen molar-refractivity contribution in [3.8, 4) is 17.3 Å². The van der Waals surface area contributed by atoms with Gasteiger partial charge in [-0.1, -0.05) is 0 Å². The highest BCUT2D eigenvalue weighted by molar-refractivity contribution is 5.64. The Morgan fingerprint density at radius 2 is 1.96 bits per heavy atom. The van der Waals surface area contributed by atoms with Crippen LogP contribution in [0.25, 0.3) is 11.5 Å². The van der Waals surface area contributed by atoms with Gasteiger partial charge in [-0.05, 0) is 31.2 Å². The minimum Gasteiger partial charge on any atom is -0.497 e. The highest BCUT2D eigenvalue weighted by Crippen LogP contribution is 2.23. The smallest absolute Gasteiger partial charge is 0.246 e. The summed E-state index contributed by atoms with van der Waals surface area (Å²) in [6, 6.07) is 7.69. The molecular weight excluding hydrogens is 322 g/mol. The van der Waals surface area contributed by atoms with Crippen LogP contribution in [-0.4, -0.2) is 38.5 Å². The molecule has 1 aromatic carbocycles. The van der Waals surface area contributed by atoms with Crippen molar-refractivity contribution in [3.05, 3.63) is 41.8 Å². The van der Waals surface area contributed by atoms with Crippen LogP contribution >= 0.6 is 0 Å². The molecule has 1 aromatic rings. The number of aromatic nitrogens is 4. The second-order valence-corrected chi connectivity index (χ2v) is 5.39. The van der Waals surface area contributed by atoms with Crippen molar-refractivity contribution >= 4 is 11.5 Å². The molecule has 2 aliphatic heterocycles. The average Bonchev–Trinajstić information content (AvgIpc) is 2.61. The van der Waals surface area contributed by atoms with E-state index < -0.39 is 0 Å². The largest absolute Gasteiger partial charge is 0.497 e. The minimum atomic E-state index is -0.268. The topological polar surface area (TPSA) is 126 Å². The number of anilines is 2. The molecule has 0 saturated heterocycles. The number of nitrogens with one attached hydrogen (secondary N) is 1. The van der Waals surface area contributed by atoms with Gasteiger partial charge < -0.3 is 20.6 Å². The molecule has 0 radical (unpaired) electrons. The highest BCUT2D eigenvalue weighted by Gasteiger charge is 2.18. The van der Waals surface area contributed by atoms with Gasteiger partial charge in [-0.25, -0.2) is 4.98 Å². The summed E-state index contributed by atoms with van der Waals surface area (Å²) in [5, 5.41) is 17.6. The molecule has 9 heteroatoms. The summed E-state index contributed by atoms with van der Waals surface area (Å²) in [5.41, 5.74) is 7.41. The van der Waals surface area contributed by atoms with E-state index in [0.29, 0.717) is 12.2 Å². The van der Waals surface area contributed by atoms with Crippen LogP contribution in [0.4, 0.5) is 11.5 Å². The number of methoxy groups -OCH3 is 1. The molecule has 0 aliphatic carbocycles. The molecule has 0 saturated carbocycles. The molecule has 0 unspecified atom stereocenters. The molecular formula is C16H19N7O2. The van der Waals surface area contributed by atoms with Crippen molar-refractivity contribution in [1.82, 2.24) is 19.7 Å². The number of hydrogen-bond acceptors (Lipinski definition) is 8. The van der Waals surface area contributed by atoms with E-state index in [1.54, 1.807) is 7.11 Å². The highest BCUT2D eigenvalue weighted by atomic mass is 16.5. The third kappa shape index (κ3) is 3.30. The van der Waals surface area contributed by atoms with Crippen LogP contribution in [0.2, 0.25) is 0 Å². The van der Waals surface area contributed by atoms with E-state index in [9.17, 15) is 5.21 Å². The molecule has 0 aromatic heterocycles. The van der Waals surface area contributed by atoms with Crippen molar-refractivity contribution in [2.75, 3.05) is 24.3 Å². The second kappa shape index (κ2) is 6.63. The summed E-state index contributed by atoms with van der Waals surface area (Å²) in [4.78, 5) is 14.2. The number of nitrogen functional groups attached to an aromatic ring is 1. The maximum atomic E-state index is 10.1. The molecule has 25 heavy (non-hydrogen) atoms. The molecule has 2 heterocycles. The van der Waals surface area contributed by atoms with Crippen LogP contribution in [0.1, 0.15) is 12.6 Å². The van der Waals surface area contributed by atoms with Crippen molar-refractivity contribution in [2.24, 2.45) is 0 Å². The van der Waals surface area contributed by atoms with Crippen LogP contribution in [-0.2, 0) is 6.54 Å². The molecule has 4 N–H and O–H groups in total. The van der Waals surface area contributed by atoms with Crippen LogP contribution < -0.4 is 21.0 Å². The summed E-state index contributed by atoms with van der Waals surface area (Å²) in [6.07, 6.45) is 1.46. The van der Waals surface area contributed by atoms with E-state index in [4.69, 9.17) is 15.9 Å². The van der Waals surface area contributed by atoms with E-state index in [1.165, 1.54) is 6.20 Å². The van der Waals surface area contributed by atoms with E-state index in [-0.39, 0.29) is 23.0 Å². The van der Waals surface area contributed by atoms with Gasteiger partial charge in [0.15, 0.2) is 11.5 Å². The fraction of sp³-hybridized carbons (Fsp3) is 0.250. The summed E-state index contributed by atoms with van der Waals surface area (Å²) in [5.74, 6) is 0.953. The molecule has 0 atom stereocenters. The SMILES string of the molecule is CCN(Cc1cn(O)c2nc(=N)nc(N)c-2n1)c1ccc(OC)cc1. The monoisotopic (exact) mass is 341 g/mol. The number of hydrogen-bond donors (Lipinski definition) is 3. The molecule has 0 fully saturated rings. The van der Waals surface area contributed by atoms with Crippen molar-refractivity contribution in [3.63, 3.8) is 0 Å². The van der Waals surface area contributed by atoms with Crippen LogP contribution in [0.5, 0.6) is 5.75 Å². The van der Waals surface area contributed by atoms with E-state index >= 15 is 0 Å². The Bertz CT molecular complexity index is 907. The van der Waals surface area contributed by atoms with Gasteiger partial charge in [0, 0.05) is 12.2 Å². The number of benzene rings is 1. The number of ether oxygens (including phenoxy) is 1. The first-order valence-electron chi connectivity index (χ1n) is 7.70. The summed E-state index contributed by atoms with van der Waals surface area (Å²) in [6.45, 7) is 3.23. The first kappa shape index (κ1) is 16.5. The van der Waals surface area contributed by atoms with Gasteiger partial charge in [-0.3, -0.25) is 5.41 Å². The lowest BCUT2D eigenvalue weighted by Gasteiger charge is -2.23. The summed E-state index contributed by atoms with van der Waals surface area (Å²) < 4.78 is 6.01. The van der Waals surface area contributed by atoms with Crippen molar-refractivity contribution < 1.29 is 9.94 Å². The van der Waals surface area contributed by atoms with Gasteiger partial charge in [-0.15, -0.1) is 0 Å². The van der Waals surface area contributed by atoms with Gasteiger partial charge in [0.1, 0.15) is 5.75 Å². The Morgan fingerprint density at radius 3 is 2.60 bits per heavy atom. The third-order valence-corrected chi connectivity index (χ3v) is 3.81. The number of fused-ring (bicyclic) bond motifs is 1. The van der Waals surface area contributed by atoms with Gasteiger partial charge in [0.05, 0.1) is 25.5 Å². The lowest BCUT2D eigenvalue weighted by Crippen LogP contribution is -2.25. The predicted octanol–water partition coefficient (Wildman–Crippen LogP) is 1.11. The Labute approximate surface area is 144 Å². The average molecular weight is 341 g/mol. The zero-order valence-electron chi connectivity index (χ0n) is 14.0. The molecule has 0 spiro atoms. The first-order chi connectivity index (χ1) is 12.0. The summed E-state index contributed by atoms with van der Waals surface area (Å²) in [7, 11) is 1.63. The van der Waals surface area contributed by atoms with E-state index in [0.717, 1.165) is 22.7 Å². The van der Waals surface area contributed by atoms with Gasteiger partial charge in [0.25, 0.3) is 0 Å². The molecule has 3 rings (SSSR count). The standard InChI is InChI=1S/C16H19N7O2/c1-3-22(11-4-6-12(25-2)7-5-11)8-10-9-23(24)15-13(19-10)14(17)20-16(18)21-15/h4-7,9,24H,3,8H2,1-2H3,(H3,17,18,20). The maximum Gasteiger partial charge on any atom is 0.246 e. The van der Waals surface area contributed by atoms with Crippen LogP contribution in [0.15, 0.2) is 30.5 Å². The summed E-state index contributed by atoms with van der Waals surface area (Å²) >= 11 is 0. The Morgan fingerprint density at radius 1 is 1.24 bits per heavy atom. The van der Waals surface area contributed by atoms with Gasteiger partial charge >= 0.3 is 0 Å². The molecule has 9 nitrogen and oxygen atoms in total. The van der Waals surface area contributed by atoms with Crippen LogP contribution in [0.3, 0.4) is 0 Å². The first-order valence-corrected chi connectivity index (χ1v) is 7.70. The molecule has 0 amide bonds. The van der Waals surface area contributed by atoms with Gasteiger partial charge in [-0.2, -0.15) is 14.7 Å². The molecule has 0 bridgehead atoms. The normalized spacial score (nSPS) is 10.8. The van der Waals surface area contributed by atoms with Gasteiger partial charge in [0.2, 0.25) is 11.4 Å². The fourth-order valence-electron chi connectivity index (χ4n) is 2.55. The zero-order valence-corrected chi connectivity index (χ0v) is 14.0. The van der Waals surface area contributed by atoms with E-state index in [1.807, 2.05) is 31.2 Å². The zero-order chi connectivity index (χ0) is 18.0.